The van der Waals surface area contributed by atoms with Crippen LogP contribution in [-0.4, -0.2) is 44.4 Å². The first-order chi connectivity index (χ1) is 14.2. The lowest BCUT2D eigenvalue weighted by Gasteiger charge is -2.15. The van der Waals surface area contributed by atoms with Crippen LogP contribution in [0.15, 0.2) is 41.5 Å². The summed E-state index contributed by atoms with van der Waals surface area (Å²) in [6.07, 6.45) is 1.71. The van der Waals surface area contributed by atoms with E-state index in [1.165, 1.54) is 5.56 Å². The first-order valence-corrected chi connectivity index (χ1v) is 9.98. The van der Waals surface area contributed by atoms with Crippen LogP contribution in [0.1, 0.15) is 30.5 Å². The standard InChI is InChI=1S/C22H32N4O3.HI/c1-5-23-22(25-15-18-10-9-17(3)14-20(18)28-6-2)26-16-19-8-7-11-24-21(19)29-13-12-27-4;/h7-11,14H,5-6,12-13,15-16H2,1-4H3,(H2,23,25,26);1H. The van der Waals surface area contributed by atoms with Crippen LogP contribution in [0, 0.1) is 6.92 Å². The fraction of sp³-hybridized carbons (Fsp3) is 0.455. The zero-order valence-electron chi connectivity index (χ0n) is 18.2. The molecule has 8 heteroatoms. The molecule has 166 valence electrons. The lowest BCUT2D eigenvalue weighted by Crippen LogP contribution is -2.36. The Kier molecular flexibility index (Phi) is 12.8. The molecule has 0 fully saturated rings. The first kappa shape index (κ1) is 26.0. The van der Waals surface area contributed by atoms with Gasteiger partial charge in [0.15, 0.2) is 5.96 Å². The molecule has 0 saturated heterocycles. The van der Waals surface area contributed by atoms with E-state index in [-0.39, 0.29) is 24.0 Å². The van der Waals surface area contributed by atoms with Gasteiger partial charge in [0.25, 0.3) is 0 Å². The summed E-state index contributed by atoms with van der Waals surface area (Å²) < 4.78 is 16.5. The van der Waals surface area contributed by atoms with Gasteiger partial charge in [-0.1, -0.05) is 18.2 Å². The van der Waals surface area contributed by atoms with E-state index in [2.05, 4.69) is 45.7 Å². The highest BCUT2D eigenvalue weighted by atomic mass is 127. The fourth-order valence-corrected chi connectivity index (χ4v) is 2.68. The number of rotatable bonds is 11. The minimum atomic E-state index is 0. The third-order valence-corrected chi connectivity index (χ3v) is 4.10. The monoisotopic (exact) mass is 528 g/mol. The fourth-order valence-electron chi connectivity index (χ4n) is 2.68. The van der Waals surface area contributed by atoms with Crippen LogP contribution >= 0.6 is 24.0 Å². The van der Waals surface area contributed by atoms with E-state index < -0.39 is 0 Å². The Labute approximate surface area is 196 Å². The van der Waals surface area contributed by atoms with Crippen LogP contribution in [0.3, 0.4) is 0 Å². The van der Waals surface area contributed by atoms with E-state index in [4.69, 9.17) is 14.2 Å². The van der Waals surface area contributed by atoms with E-state index in [9.17, 15) is 0 Å². The van der Waals surface area contributed by atoms with Crippen molar-refractivity contribution in [2.24, 2.45) is 4.99 Å². The predicted octanol–water partition coefficient (Wildman–Crippen LogP) is 3.69. The van der Waals surface area contributed by atoms with Crippen molar-refractivity contribution in [2.45, 2.75) is 33.9 Å². The highest BCUT2D eigenvalue weighted by Crippen LogP contribution is 2.20. The summed E-state index contributed by atoms with van der Waals surface area (Å²) in [5.41, 5.74) is 3.19. The molecule has 1 aromatic carbocycles. The molecule has 0 aliphatic rings. The average Bonchev–Trinajstić information content (AvgIpc) is 2.72. The van der Waals surface area contributed by atoms with Crippen molar-refractivity contribution in [1.29, 1.82) is 0 Å². The number of aryl methyl sites for hydroxylation is 1. The molecule has 1 aromatic heterocycles. The molecule has 0 aliphatic carbocycles. The largest absolute Gasteiger partial charge is 0.494 e. The van der Waals surface area contributed by atoms with Gasteiger partial charge in [0.2, 0.25) is 5.88 Å². The summed E-state index contributed by atoms with van der Waals surface area (Å²) in [6.45, 7) is 9.54. The van der Waals surface area contributed by atoms with Crippen LogP contribution in [-0.2, 0) is 17.8 Å². The molecule has 30 heavy (non-hydrogen) atoms. The van der Waals surface area contributed by atoms with Crippen molar-refractivity contribution < 1.29 is 14.2 Å². The summed E-state index contributed by atoms with van der Waals surface area (Å²) in [5.74, 6) is 2.21. The molecular weight excluding hydrogens is 495 g/mol. The zero-order valence-corrected chi connectivity index (χ0v) is 20.6. The van der Waals surface area contributed by atoms with Crippen molar-refractivity contribution in [3.05, 3.63) is 53.2 Å². The van der Waals surface area contributed by atoms with Crippen molar-refractivity contribution in [3.63, 3.8) is 0 Å². The number of aromatic nitrogens is 1. The molecule has 2 N–H and O–H groups in total. The van der Waals surface area contributed by atoms with Gasteiger partial charge in [0.1, 0.15) is 12.4 Å². The number of hydrogen-bond acceptors (Lipinski definition) is 5. The van der Waals surface area contributed by atoms with Crippen molar-refractivity contribution in [3.8, 4) is 11.6 Å². The topological polar surface area (TPSA) is 77.0 Å². The maximum atomic E-state index is 5.77. The molecule has 0 spiro atoms. The third-order valence-electron chi connectivity index (χ3n) is 4.10. The van der Waals surface area contributed by atoms with E-state index in [0.717, 1.165) is 29.4 Å². The van der Waals surface area contributed by atoms with Gasteiger partial charge in [-0.3, -0.25) is 0 Å². The Bertz CT molecular complexity index is 787. The highest BCUT2D eigenvalue weighted by Gasteiger charge is 2.07. The number of nitrogens with one attached hydrogen (secondary N) is 2. The maximum absolute atomic E-state index is 5.77. The molecule has 0 amide bonds. The van der Waals surface area contributed by atoms with Gasteiger partial charge in [0, 0.05) is 37.5 Å². The first-order valence-electron chi connectivity index (χ1n) is 9.98. The van der Waals surface area contributed by atoms with E-state index in [0.29, 0.717) is 38.8 Å². The van der Waals surface area contributed by atoms with Crippen LogP contribution in [0.25, 0.3) is 0 Å². The summed E-state index contributed by atoms with van der Waals surface area (Å²) >= 11 is 0. The zero-order chi connectivity index (χ0) is 20.9. The van der Waals surface area contributed by atoms with Crippen LogP contribution in [0.5, 0.6) is 11.6 Å². The second kappa shape index (κ2) is 14.8. The number of halogens is 1. The Morgan fingerprint density at radius 1 is 1.07 bits per heavy atom. The van der Waals surface area contributed by atoms with Crippen LogP contribution in [0.2, 0.25) is 0 Å². The number of ether oxygens (including phenoxy) is 3. The van der Waals surface area contributed by atoms with Crippen LogP contribution in [0.4, 0.5) is 0 Å². The third kappa shape index (κ3) is 8.74. The molecule has 0 bridgehead atoms. The van der Waals surface area contributed by atoms with Crippen molar-refractivity contribution in [2.75, 3.05) is 33.5 Å². The number of benzene rings is 1. The van der Waals surface area contributed by atoms with Gasteiger partial charge in [-0.2, -0.15) is 0 Å². The lowest BCUT2D eigenvalue weighted by molar-refractivity contribution is 0.143. The number of methoxy groups -OCH3 is 1. The molecule has 2 rings (SSSR count). The minimum Gasteiger partial charge on any atom is -0.494 e. The molecule has 0 aliphatic heterocycles. The summed E-state index contributed by atoms with van der Waals surface area (Å²) in [4.78, 5) is 8.99. The average molecular weight is 528 g/mol. The number of guanidine groups is 1. The quantitative estimate of drug-likeness (QED) is 0.201. The molecule has 2 aromatic rings. The summed E-state index contributed by atoms with van der Waals surface area (Å²) in [5, 5.41) is 6.65. The number of hydrogen-bond donors (Lipinski definition) is 2. The SMILES string of the molecule is CCNC(=NCc1cccnc1OCCOC)NCc1ccc(C)cc1OCC.I. The van der Waals surface area contributed by atoms with Crippen molar-refractivity contribution >= 4 is 29.9 Å². The van der Waals surface area contributed by atoms with E-state index in [1.807, 2.05) is 26.0 Å². The van der Waals surface area contributed by atoms with E-state index >= 15 is 0 Å². The smallest absolute Gasteiger partial charge is 0.218 e. The van der Waals surface area contributed by atoms with Crippen LogP contribution < -0.4 is 20.1 Å². The molecule has 0 radical (unpaired) electrons. The Balaban J connectivity index is 0.00000450. The number of pyridine rings is 1. The Hall–Kier alpha value is -2.07. The van der Waals surface area contributed by atoms with Gasteiger partial charge in [0.05, 0.1) is 19.8 Å². The van der Waals surface area contributed by atoms with Gasteiger partial charge in [-0.05, 0) is 38.5 Å². The van der Waals surface area contributed by atoms with E-state index in [1.54, 1.807) is 13.3 Å². The highest BCUT2D eigenvalue weighted by molar-refractivity contribution is 14.0. The second-order valence-corrected chi connectivity index (χ2v) is 6.40. The molecule has 7 nitrogen and oxygen atoms in total. The normalized spacial score (nSPS) is 10.9. The Morgan fingerprint density at radius 2 is 1.90 bits per heavy atom. The van der Waals surface area contributed by atoms with Gasteiger partial charge >= 0.3 is 0 Å². The Morgan fingerprint density at radius 3 is 2.63 bits per heavy atom. The molecule has 1 heterocycles. The second-order valence-electron chi connectivity index (χ2n) is 6.40. The van der Waals surface area contributed by atoms with Gasteiger partial charge < -0.3 is 24.8 Å². The van der Waals surface area contributed by atoms with Crippen molar-refractivity contribution in [1.82, 2.24) is 15.6 Å². The maximum Gasteiger partial charge on any atom is 0.218 e. The van der Waals surface area contributed by atoms with Gasteiger partial charge in [-0.25, -0.2) is 9.98 Å². The lowest BCUT2D eigenvalue weighted by atomic mass is 10.1. The minimum absolute atomic E-state index is 0. The molecule has 0 atom stereocenters. The number of nitrogens with zero attached hydrogens (tertiary/aromatic N) is 2. The predicted molar refractivity (Wildman–Crippen MR) is 131 cm³/mol. The molecule has 0 unspecified atom stereocenters. The summed E-state index contributed by atoms with van der Waals surface area (Å²) in [6, 6.07) is 10.1. The molecule has 0 saturated carbocycles. The number of aliphatic imine (C=N–C) groups is 1. The molecular formula is C22H33IN4O3. The summed E-state index contributed by atoms with van der Waals surface area (Å²) in [7, 11) is 1.65. The van der Waals surface area contributed by atoms with Gasteiger partial charge in [-0.15, -0.1) is 24.0 Å².